The Morgan fingerprint density at radius 1 is 1.00 bits per heavy atom. The smallest absolute Gasteiger partial charge is 0.257 e. The molecular formula is C13H7BrCl3NO. The standard InChI is InChI=1S/C13H7BrCl3NO/c14-10-6-8(2-4-11(10)16)18-13(19)9-3-1-7(15)5-12(9)17/h1-6H,(H,18,19). The zero-order chi connectivity index (χ0) is 14.0. The highest BCUT2D eigenvalue weighted by molar-refractivity contribution is 9.10. The van der Waals surface area contributed by atoms with Crippen LogP contribution in [-0.2, 0) is 0 Å². The summed E-state index contributed by atoms with van der Waals surface area (Å²) in [6.07, 6.45) is 0. The average Bonchev–Trinajstić information content (AvgIpc) is 2.33. The minimum Gasteiger partial charge on any atom is -0.322 e. The first kappa shape index (κ1) is 14.7. The lowest BCUT2D eigenvalue weighted by atomic mass is 10.2. The first-order valence-corrected chi connectivity index (χ1v) is 7.11. The van der Waals surface area contributed by atoms with E-state index in [0.29, 0.717) is 30.8 Å². The SMILES string of the molecule is O=C(Nc1ccc(Cl)c(Br)c1)c1ccc(Cl)cc1Cl. The van der Waals surface area contributed by atoms with Crippen LogP contribution in [0.25, 0.3) is 0 Å². The van der Waals surface area contributed by atoms with Crippen LogP contribution in [0.4, 0.5) is 5.69 Å². The quantitative estimate of drug-likeness (QED) is 0.716. The van der Waals surface area contributed by atoms with E-state index in [1.54, 1.807) is 30.3 Å². The number of rotatable bonds is 2. The topological polar surface area (TPSA) is 29.1 Å². The summed E-state index contributed by atoms with van der Waals surface area (Å²) in [5.74, 6) is -0.309. The number of benzene rings is 2. The number of halogens is 4. The van der Waals surface area contributed by atoms with E-state index >= 15 is 0 Å². The van der Waals surface area contributed by atoms with Gasteiger partial charge in [-0.3, -0.25) is 4.79 Å². The summed E-state index contributed by atoms with van der Waals surface area (Å²) in [6, 6.07) is 9.81. The Morgan fingerprint density at radius 3 is 2.37 bits per heavy atom. The summed E-state index contributed by atoms with van der Waals surface area (Å²) in [4.78, 5) is 12.1. The minimum atomic E-state index is -0.309. The molecule has 2 rings (SSSR count). The molecule has 0 fully saturated rings. The molecule has 0 heterocycles. The molecule has 0 aromatic heterocycles. The number of nitrogens with one attached hydrogen (secondary N) is 1. The van der Waals surface area contributed by atoms with E-state index in [2.05, 4.69) is 21.2 Å². The van der Waals surface area contributed by atoms with Gasteiger partial charge in [-0.05, 0) is 52.3 Å². The molecule has 2 aromatic rings. The monoisotopic (exact) mass is 377 g/mol. The van der Waals surface area contributed by atoms with Crippen molar-refractivity contribution in [1.82, 2.24) is 0 Å². The van der Waals surface area contributed by atoms with E-state index in [1.807, 2.05) is 0 Å². The Bertz CT molecular complexity index is 646. The Hall–Kier alpha value is -0.740. The molecule has 2 nitrogen and oxygen atoms in total. The summed E-state index contributed by atoms with van der Waals surface area (Å²) in [5.41, 5.74) is 0.976. The van der Waals surface area contributed by atoms with E-state index in [4.69, 9.17) is 34.8 Å². The van der Waals surface area contributed by atoms with E-state index in [9.17, 15) is 4.79 Å². The van der Waals surface area contributed by atoms with Crippen LogP contribution in [0.5, 0.6) is 0 Å². The second kappa shape index (κ2) is 6.14. The summed E-state index contributed by atoms with van der Waals surface area (Å²) < 4.78 is 0.703. The van der Waals surface area contributed by atoms with Crippen LogP contribution in [0.1, 0.15) is 10.4 Å². The zero-order valence-electron chi connectivity index (χ0n) is 9.38. The van der Waals surface area contributed by atoms with Crippen molar-refractivity contribution in [2.75, 3.05) is 5.32 Å². The predicted octanol–water partition coefficient (Wildman–Crippen LogP) is 5.66. The maximum Gasteiger partial charge on any atom is 0.257 e. The molecule has 2 aromatic carbocycles. The van der Waals surface area contributed by atoms with Crippen molar-refractivity contribution in [3.05, 3.63) is 61.5 Å². The van der Waals surface area contributed by atoms with Crippen LogP contribution >= 0.6 is 50.7 Å². The van der Waals surface area contributed by atoms with E-state index < -0.39 is 0 Å². The lowest BCUT2D eigenvalue weighted by molar-refractivity contribution is 0.102. The zero-order valence-corrected chi connectivity index (χ0v) is 13.2. The van der Waals surface area contributed by atoms with Crippen molar-refractivity contribution in [2.24, 2.45) is 0 Å². The van der Waals surface area contributed by atoms with Crippen LogP contribution in [0.3, 0.4) is 0 Å². The highest BCUT2D eigenvalue weighted by Crippen LogP contribution is 2.27. The van der Waals surface area contributed by atoms with Gasteiger partial charge in [0.25, 0.3) is 5.91 Å². The number of hydrogen-bond donors (Lipinski definition) is 1. The van der Waals surface area contributed by atoms with E-state index in [1.165, 1.54) is 6.07 Å². The molecule has 19 heavy (non-hydrogen) atoms. The summed E-state index contributed by atoms with van der Waals surface area (Å²) >= 11 is 20.9. The van der Waals surface area contributed by atoms with Crippen LogP contribution < -0.4 is 5.32 Å². The van der Waals surface area contributed by atoms with Crippen molar-refractivity contribution in [3.8, 4) is 0 Å². The lowest BCUT2D eigenvalue weighted by Crippen LogP contribution is -2.12. The van der Waals surface area contributed by atoms with Crippen LogP contribution in [0.2, 0.25) is 15.1 Å². The molecule has 0 saturated heterocycles. The molecule has 1 N–H and O–H groups in total. The first-order chi connectivity index (χ1) is 8.97. The van der Waals surface area contributed by atoms with Gasteiger partial charge in [-0.2, -0.15) is 0 Å². The number of carbonyl (C=O) groups excluding carboxylic acids is 1. The molecule has 0 atom stereocenters. The molecule has 98 valence electrons. The van der Waals surface area contributed by atoms with Gasteiger partial charge in [0, 0.05) is 15.2 Å². The molecule has 0 radical (unpaired) electrons. The van der Waals surface area contributed by atoms with Crippen molar-refractivity contribution in [2.45, 2.75) is 0 Å². The molecule has 6 heteroatoms. The van der Waals surface area contributed by atoms with Crippen LogP contribution in [0.15, 0.2) is 40.9 Å². The van der Waals surface area contributed by atoms with Crippen molar-refractivity contribution in [1.29, 1.82) is 0 Å². The largest absolute Gasteiger partial charge is 0.322 e. The van der Waals surface area contributed by atoms with Crippen LogP contribution in [0, 0.1) is 0 Å². The fourth-order valence-electron chi connectivity index (χ4n) is 1.45. The Kier molecular flexibility index (Phi) is 4.74. The summed E-state index contributed by atoms with van der Waals surface area (Å²) in [6.45, 7) is 0. The number of amides is 1. The van der Waals surface area contributed by atoms with E-state index in [0.717, 1.165) is 0 Å². The van der Waals surface area contributed by atoms with Gasteiger partial charge >= 0.3 is 0 Å². The predicted molar refractivity (Wildman–Crippen MR) is 83.6 cm³/mol. The number of carbonyl (C=O) groups is 1. The number of anilines is 1. The van der Waals surface area contributed by atoms with Gasteiger partial charge in [0.2, 0.25) is 0 Å². The third-order valence-electron chi connectivity index (χ3n) is 2.35. The van der Waals surface area contributed by atoms with Crippen molar-refractivity contribution < 1.29 is 4.79 Å². The average molecular weight is 379 g/mol. The molecule has 1 amide bonds. The molecular weight excluding hydrogens is 372 g/mol. The number of hydrogen-bond acceptors (Lipinski definition) is 1. The third kappa shape index (κ3) is 3.63. The van der Waals surface area contributed by atoms with Gasteiger partial charge in [0.05, 0.1) is 15.6 Å². The molecule has 0 aliphatic carbocycles. The molecule has 0 saturated carbocycles. The highest BCUT2D eigenvalue weighted by Gasteiger charge is 2.11. The normalized spacial score (nSPS) is 10.3. The highest BCUT2D eigenvalue weighted by atomic mass is 79.9. The second-order valence-corrected chi connectivity index (χ2v) is 5.81. The summed E-state index contributed by atoms with van der Waals surface area (Å²) in [7, 11) is 0. The van der Waals surface area contributed by atoms with Gasteiger partial charge in [-0.15, -0.1) is 0 Å². The Labute approximate surface area is 133 Å². The van der Waals surface area contributed by atoms with Gasteiger partial charge in [0.1, 0.15) is 0 Å². The van der Waals surface area contributed by atoms with Crippen molar-refractivity contribution >= 4 is 62.3 Å². The van der Waals surface area contributed by atoms with Gasteiger partial charge in [-0.25, -0.2) is 0 Å². The molecule has 0 bridgehead atoms. The molecule has 0 spiro atoms. The van der Waals surface area contributed by atoms with Gasteiger partial charge < -0.3 is 5.32 Å². The van der Waals surface area contributed by atoms with E-state index in [-0.39, 0.29) is 5.91 Å². The lowest BCUT2D eigenvalue weighted by Gasteiger charge is -2.08. The Balaban J connectivity index is 2.23. The first-order valence-electron chi connectivity index (χ1n) is 5.19. The second-order valence-electron chi connectivity index (χ2n) is 3.71. The van der Waals surface area contributed by atoms with Crippen LogP contribution in [-0.4, -0.2) is 5.91 Å². The molecule has 0 aliphatic rings. The van der Waals surface area contributed by atoms with Crippen molar-refractivity contribution in [3.63, 3.8) is 0 Å². The van der Waals surface area contributed by atoms with Gasteiger partial charge in [-0.1, -0.05) is 34.8 Å². The molecule has 0 unspecified atom stereocenters. The fourth-order valence-corrected chi connectivity index (χ4v) is 2.44. The minimum absolute atomic E-state index is 0.304. The maximum absolute atomic E-state index is 12.1. The maximum atomic E-state index is 12.1. The summed E-state index contributed by atoms with van der Waals surface area (Å²) in [5, 5.41) is 4.09. The third-order valence-corrected chi connectivity index (χ3v) is 4.11. The van der Waals surface area contributed by atoms with Gasteiger partial charge in [0.15, 0.2) is 0 Å². The molecule has 0 aliphatic heterocycles. The Morgan fingerprint density at radius 2 is 1.74 bits per heavy atom. The fraction of sp³-hybridized carbons (Fsp3) is 0.